The molecule has 0 saturated heterocycles. The van der Waals surface area contributed by atoms with Crippen LogP contribution in [0.3, 0.4) is 0 Å². The molecule has 12 heteroatoms. The van der Waals surface area contributed by atoms with Crippen LogP contribution in [0.5, 0.6) is 5.75 Å². The molecule has 0 radical (unpaired) electrons. The van der Waals surface area contributed by atoms with Crippen LogP contribution in [-0.4, -0.2) is 56.0 Å². The highest BCUT2D eigenvalue weighted by molar-refractivity contribution is 7.07. The number of rotatable bonds is 11. The molecule has 4 rings (SSSR count). The first-order valence-electron chi connectivity index (χ1n) is 13.1. The Morgan fingerprint density at radius 3 is 2.56 bits per heavy atom. The summed E-state index contributed by atoms with van der Waals surface area (Å²) < 4.78 is 17.9. The van der Waals surface area contributed by atoms with E-state index in [-0.39, 0.29) is 24.5 Å². The Hall–Kier alpha value is -4.29. The topological polar surface area (TPSA) is 126 Å². The number of hydrogen-bond donors (Lipinski definition) is 0. The van der Waals surface area contributed by atoms with Gasteiger partial charge in [0.1, 0.15) is 18.4 Å². The molecule has 3 aromatic rings. The highest BCUT2D eigenvalue weighted by Crippen LogP contribution is 2.35. The third-order valence-corrected chi connectivity index (χ3v) is 7.79. The fraction of sp³-hybridized carbons (Fsp3) is 0.345. The van der Waals surface area contributed by atoms with Gasteiger partial charge in [-0.1, -0.05) is 29.5 Å². The number of nitro groups is 1. The highest BCUT2D eigenvalue weighted by atomic mass is 32.1. The number of fused-ring (bicyclic) bond motifs is 1. The summed E-state index contributed by atoms with van der Waals surface area (Å²) in [4.78, 5) is 45.6. The molecular formula is C29H32N4O7S. The van der Waals surface area contributed by atoms with Gasteiger partial charge in [0.15, 0.2) is 4.80 Å². The Labute approximate surface area is 240 Å². The van der Waals surface area contributed by atoms with Crippen LogP contribution in [0.4, 0.5) is 11.4 Å². The van der Waals surface area contributed by atoms with Crippen LogP contribution in [0, 0.1) is 10.1 Å². The van der Waals surface area contributed by atoms with Crippen LogP contribution >= 0.6 is 11.3 Å². The Kier molecular flexibility index (Phi) is 9.35. The standard InChI is InChI=1S/C29H32N4O7S/c1-6-31(7-2)22-13-12-20(33(36)37)16-19(22)17-24-27(34)32-26(21-10-8-9-11-23(21)39-5)25(18(3)30-29(32)41-24)28(35)40-15-14-38-4/h8-13,16-17,26H,6-7,14-15H2,1-5H3. The van der Waals surface area contributed by atoms with Crippen molar-refractivity contribution < 1.29 is 23.9 Å². The van der Waals surface area contributed by atoms with Crippen molar-refractivity contribution in [3.63, 3.8) is 0 Å². The number of nitro benzene ring substituents is 1. The average molecular weight is 581 g/mol. The SMILES string of the molecule is CCN(CC)c1ccc([N+](=O)[O-])cc1C=c1sc2n(c1=O)C(c1ccccc1OC)C(C(=O)OCCOC)=C(C)N=2. The Morgan fingerprint density at radius 1 is 1.17 bits per heavy atom. The first-order valence-corrected chi connectivity index (χ1v) is 13.9. The molecule has 0 amide bonds. The van der Waals surface area contributed by atoms with E-state index in [1.807, 2.05) is 13.8 Å². The van der Waals surface area contributed by atoms with Crippen molar-refractivity contribution in [3.8, 4) is 5.75 Å². The number of aromatic nitrogens is 1. The van der Waals surface area contributed by atoms with E-state index in [4.69, 9.17) is 14.2 Å². The molecule has 1 aliphatic heterocycles. The number of para-hydroxylation sites is 1. The minimum Gasteiger partial charge on any atom is -0.496 e. The molecule has 1 aliphatic rings. The average Bonchev–Trinajstić information content (AvgIpc) is 3.27. The smallest absolute Gasteiger partial charge is 0.338 e. The summed E-state index contributed by atoms with van der Waals surface area (Å²) in [5.41, 5.74) is 2.05. The van der Waals surface area contributed by atoms with Gasteiger partial charge >= 0.3 is 5.97 Å². The number of non-ortho nitro benzene ring substituents is 1. The van der Waals surface area contributed by atoms with Gasteiger partial charge in [0, 0.05) is 49.1 Å². The molecule has 0 fully saturated rings. The zero-order chi connectivity index (χ0) is 29.7. The number of allylic oxidation sites excluding steroid dienone is 1. The Balaban J connectivity index is 1.97. The molecule has 1 atom stereocenters. The largest absolute Gasteiger partial charge is 0.496 e. The van der Waals surface area contributed by atoms with Crippen LogP contribution in [0.15, 0.2) is 63.5 Å². The van der Waals surface area contributed by atoms with Crippen molar-refractivity contribution in [1.82, 2.24) is 4.57 Å². The van der Waals surface area contributed by atoms with Crippen molar-refractivity contribution in [2.75, 3.05) is 45.4 Å². The van der Waals surface area contributed by atoms with E-state index in [1.54, 1.807) is 43.3 Å². The number of anilines is 1. The molecule has 11 nitrogen and oxygen atoms in total. The molecule has 0 aliphatic carbocycles. The summed E-state index contributed by atoms with van der Waals surface area (Å²) in [6.45, 7) is 7.30. The second-order valence-corrected chi connectivity index (χ2v) is 10.1. The molecule has 0 N–H and O–H groups in total. The van der Waals surface area contributed by atoms with E-state index in [2.05, 4.69) is 9.89 Å². The normalized spacial score (nSPS) is 14.9. The number of nitrogens with zero attached hydrogens (tertiary/aromatic N) is 4. The van der Waals surface area contributed by atoms with Gasteiger partial charge in [0.25, 0.3) is 11.2 Å². The number of benzene rings is 2. The molecule has 1 aromatic heterocycles. The molecule has 216 valence electrons. The number of ether oxygens (including phenoxy) is 3. The number of carbonyl (C=O) groups excluding carboxylic acids is 1. The van der Waals surface area contributed by atoms with E-state index in [0.717, 1.165) is 17.0 Å². The molecule has 2 heterocycles. The molecule has 0 saturated carbocycles. The summed E-state index contributed by atoms with van der Waals surface area (Å²) in [5.74, 6) is -0.123. The van der Waals surface area contributed by atoms with Crippen molar-refractivity contribution in [3.05, 3.63) is 94.7 Å². The molecule has 2 aromatic carbocycles. The number of hydrogen-bond acceptors (Lipinski definition) is 10. The zero-order valence-corrected chi connectivity index (χ0v) is 24.4. The summed E-state index contributed by atoms with van der Waals surface area (Å²) in [6, 6.07) is 10.9. The minimum atomic E-state index is -0.869. The van der Waals surface area contributed by atoms with Crippen LogP contribution in [0.2, 0.25) is 0 Å². The van der Waals surface area contributed by atoms with Gasteiger partial charge in [-0.3, -0.25) is 19.5 Å². The van der Waals surface area contributed by atoms with E-state index in [1.165, 1.54) is 30.9 Å². The fourth-order valence-electron chi connectivity index (χ4n) is 4.83. The Bertz CT molecular complexity index is 1670. The van der Waals surface area contributed by atoms with Crippen LogP contribution in [0.25, 0.3) is 6.08 Å². The summed E-state index contributed by atoms with van der Waals surface area (Å²) in [6.07, 6.45) is 1.65. The van der Waals surface area contributed by atoms with E-state index >= 15 is 0 Å². The summed E-state index contributed by atoms with van der Waals surface area (Å²) in [5, 5.41) is 11.6. The molecular weight excluding hydrogens is 548 g/mol. The van der Waals surface area contributed by atoms with Crippen molar-refractivity contribution >= 4 is 34.8 Å². The lowest BCUT2D eigenvalue weighted by atomic mass is 9.95. The van der Waals surface area contributed by atoms with Gasteiger partial charge in [-0.15, -0.1) is 0 Å². The monoisotopic (exact) mass is 580 g/mol. The van der Waals surface area contributed by atoms with Gasteiger partial charge in [-0.25, -0.2) is 9.79 Å². The fourth-order valence-corrected chi connectivity index (χ4v) is 5.87. The second-order valence-electron chi connectivity index (χ2n) is 9.12. The van der Waals surface area contributed by atoms with Gasteiger partial charge in [0.2, 0.25) is 0 Å². The lowest BCUT2D eigenvalue weighted by Crippen LogP contribution is -2.40. The van der Waals surface area contributed by atoms with Crippen molar-refractivity contribution in [2.45, 2.75) is 26.8 Å². The van der Waals surface area contributed by atoms with Gasteiger partial charge < -0.3 is 19.1 Å². The molecule has 0 bridgehead atoms. The maximum absolute atomic E-state index is 14.1. The van der Waals surface area contributed by atoms with Crippen LogP contribution in [-0.2, 0) is 14.3 Å². The summed E-state index contributed by atoms with van der Waals surface area (Å²) in [7, 11) is 3.03. The van der Waals surface area contributed by atoms with Crippen LogP contribution < -0.4 is 24.5 Å². The van der Waals surface area contributed by atoms with Crippen LogP contribution in [0.1, 0.15) is 37.9 Å². The lowest BCUT2D eigenvalue weighted by Gasteiger charge is -2.26. The van der Waals surface area contributed by atoms with E-state index in [9.17, 15) is 19.7 Å². The number of esters is 1. The van der Waals surface area contributed by atoms with Gasteiger partial charge in [-0.05, 0) is 39.0 Å². The first kappa shape index (κ1) is 29.7. The maximum Gasteiger partial charge on any atom is 0.338 e. The quantitative estimate of drug-likeness (QED) is 0.147. The maximum atomic E-state index is 14.1. The zero-order valence-electron chi connectivity index (χ0n) is 23.6. The second kappa shape index (κ2) is 12.9. The number of methoxy groups -OCH3 is 2. The molecule has 41 heavy (non-hydrogen) atoms. The third kappa shape index (κ3) is 5.93. The molecule has 0 spiro atoms. The highest BCUT2D eigenvalue weighted by Gasteiger charge is 2.35. The van der Waals surface area contributed by atoms with Gasteiger partial charge in [0.05, 0.1) is 34.4 Å². The summed E-state index contributed by atoms with van der Waals surface area (Å²) >= 11 is 1.15. The minimum absolute atomic E-state index is 0.0378. The number of carbonyl (C=O) groups is 1. The number of thiazole rings is 1. The predicted molar refractivity (Wildman–Crippen MR) is 156 cm³/mol. The van der Waals surface area contributed by atoms with Crippen molar-refractivity contribution in [1.29, 1.82) is 0 Å². The predicted octanol–water partition coefficient (Wildman–Crippen LogP) is 3.19. The van der Waals surface area contributed by atoms with E-state index in [0.29, 0.717) is 45.0 Å². The first-order chi connectivity index (χ1) is 19.7. The third-order valence-electron chi connectivity index (χ3n) is 6.81. The van der Waals surface area contributed by atoms with Gasteiger partial charge in [-0.2, -0.15) is 0 Å². The Morgan fingerprint density at radius 2 is 1.90 bits per heavy atom. The van der Waals surface area contributed by atoms with E-state index < -0.39 is 22.5 Å². The lowest BCUT2D eigenvalue weighted by molar-refractivity contribution is -0.384. The molecule has 1 unspecified atom stereocenters. The van der Waals surface area contributed by atoms with Crippen molar-refractivity contribution in [2.24, 2.45) is 4.99 Å².